The molecule has 1 unspecified atom stereocenters. The van der Waals surface area contributed by atoms with Crippen LogP contribution in [0.3, 0.4) is 0 Å². The minimum Gasteiger partial charge on any atom is -0.389 e. The van der Waals surface area contributed by atoms with Crippen molar-refractivity contribution in [1.29, 1.82) is 0 Å². The highest BCUT2D eigenvalue weighted by Crippen LogP contribution is 1.80. The van der Waals surface area contributed by atoms with E-state index in [2.05, 4.69) is 0 Å². The molecule has 3 nitrogen and oxygen atoms in total. The van der Waals surface area contributed by atoms with Gasteiger partial charge in [0.15, 0.2) is 0 Å². The summed E-state index contributed by atoms with van der Waals surface area (Å²) in [5, 5.41) is 8.49. The van der Waals surface area contributed by atoms with Gasteiger partial charge in [-0.3, -0.25) is 0 Å². The Kier molecular flexibility index (Phi) is 2.22. The molecule has 42 valence electrons. The molecule has 0 saturated heterocycles. The molecule has 0 heterocycles. The third kappa shape index (κ3) is 5.30. The molecule has 0 aromatic rings. The van der Waals surface area contributed by atoms with Crippen LogP contribution in [0.2, 0.25) is 0 Å². The second kappa shape index (κ2) is 2.47. The molecule has 0 spiro atoms. The summed E-state index contributed by atoms with van der Waals surface area (Å²) in [6, 6.07) is 0. The minimum absolute atomic E-state index is 0.162. The molecule has 3 heteroatoms. The molecule has 0 aliphatic heterocycles. The first-order valence-electron chi connectivity index (χ1n) is 2.03. The van der Waals surface area contributed by atoms with Gasteiger partial charge in [0, 0.05) is 0 Å². The Morgan fingerprint density at radius 2 is 2.14 bits per heavy atom. The van der Waals surface area contributed by atoms with Gasteiger partial charge in [-0.1, -0.05) is 0 Å². The van der Waals surface area contributed by atoms with Crippen LogP contribution in [-0.4, -0.2) is 11.2 Å². The molecule has 0 bridgehead atoms. The fourth-order valence-corrected chi connectivity index (χ4v) is 0.279. The van der Waals surface area contributed by atoms with Crippen molar-refractivity contribution in [2.45, 2.75) is 13.0 Å². The van der Waals surface area contributed by atoms with Crippen molar-refractivity contribution in [2.75, 3.05) is 0 Å². The van der Waals surface area contributed by atoms with Crippen LogP contribution in [0.5, 0.6) is 0 Å². The second-order valence-electron chi connectivity index (χ2n) is 1.41. The van der Waals surface area contributed by atoms with E-state index in [0.717, 1.165) is 0 Å². The molecule has 0 radical (unpaired) electrons. The lowest BCUT2D eigenvalue weighted by atomic mass is 10.4. The first kappa shape index (κ1) is 6.30. The summed E-state index contributed by atoms with van der Waals surface area (Å²) in [6.45, 7) is 1.58. The number of hydrogen-bond acceptors (Lipinski definition) is 3. The zero-order chi connectivity index (χ0) is 5.86. The van der Waals surface area contributed by atoms with Crippen molar-refractivity contribution < 1.29 is 5.11 Å². The van der Waals surface area contributed by atoms with Gasteiger partial charge in [0.05, 0.1) is 11.9 Å². The maximum absolute atomic E-state index is 8.49. The van der Waals surface area contributed by atoms with Crippen LogP contribution in [0, 0.1) is 0 Å². The van der Waals surface area contributed by atoms with Crippen molar-refractivity contribution >= 4 is 0 Å². The lowest BCUT2D eigenvalue weighted by Crippen LogP contribution is -2.11. The lowest BCUT2D eigenvalue weighted by molar-refractivity contribution is 0.243. The van der Waals surface area contributed by atoms with Crippen LogP contribution in [-0.2, 0) is 0 Å². The predicted octanol–water partition coefficient (Wildman–Crippen LogP) is -0.874. The monoisotopic (exact) mass is 102 g/mol. The van der Waals surface area contributed by atoms with Crippen molar-refractivity contribution in [3.8, 4) is 0 Å². The molecule has 0 aliphatic carbocycles. The average molecular weight is 102 g/mol. The Morgan fingerprint density at radius 3 is 2.14 bits per heavy atom. The highest BCUT2D eigenvalue weighted by atomic mass is 16.3. The highest BCUT2D eigenvalue weighted by molar-refractivity contribution is 4.93. The van der Waals surface area contributed by atoms with E-state index in [-0.39, 0.29) is 5.82 Å². The molecule has 7 heavy (non-hydrogen) atoms. The molecule has 5 N–H and O–H groups in total. The standard InChI is InChI=1S/C4H10N2O/c1-3(7)2-4(5)6/h2-3,7H,5-6H2,1H3. The summed E-state index contributed by atoms with van der Waals surface area (Å²) in [5.41, 5.74) is 9.94. The third-order valence-electron chi connectivity index (χ3n) is 0.434. The van der Waals surface area contributed by atoms with Crippen molar-refractivity contribution in [3.05, 3.63) is 11.9 Å². The maximum atomic E-state index is 8.49. The fourth-order valence-electron chi connectivity index (χ4n) is 0.279. The van der Waals surface area contributed by atoms with Gasteiger partial charge in [-0.05, 0) is 13.0 Å². The van der Waals surface area contributed by atoms with E-state index in [9.17, 15) is 0 Å². The van der Waals surface area contributed by atoms with E-state index >= 15 is 0 Å². The predicted molar refractivity (Wildman–Crippen MR) is 28.1 cm³/mol. The zero-order valence-corrected chi connectivity index (χ0v) is 4.26. The Balaban J connectivity index is 3.45. The van der Waals surface area contributed by atoms with E-state index in [4.69, 9.17) is 16.6 Å². The zero-order valence-electron chi connectivity index (χ0n) is 4.26. The van der Waals surface area contributed by atoms with Crippen LogP contribution in [0.1, 0.15) is 6.92 Å². The summed E-state index contributed by atoms with van der Waals surface area (Å²) >= 11 is 0. The van der Waals surface area contributed by atoms with E-state index in [1.165, 1.54) is 6.08 Å². The number of hydrogen-bond donors (Lipinski definition) is 3. The number of nitrogens with two attached hydrogens (primary N) is 2. The van der Waals surface area contributed by atoms with Gasteiger partial charge >= 0.3 is 0 Å². The molecule has 0 amide bonds. The number of aliphatic hydroxyl groups excluding tert-OH is 1. The van der Waals surface area contributed by atoms with E-state index < -0.39 is 6.10 Å². The normalized spacial score (nSPS) is 12.9. The molecular weight excluding hydrogens is 92.1 g/mol. The Hall–Kier alpha value is -0.700. The Labute approximate surface area is 42.6 Å². The van der Waals surface area contributed by atoms with Gasteiger partial charge in [0.1, 0.15) is 0 Å². The smallest absolute Gasteiger partial charge is 0.0918 e. The fraction of sp³-hybridized carbons (Fsp3) is 0.500. The molecule has 0 rings (SSSR count). The third-order valence-corrected chi connectivity index (χ3v) is 0.434. The minimum atomic E-state index is -0.537. The van der Waals surface area contributed by atoms with Crippen LogP contribution in [0.4, 0.5) is 0 Å². The highest BCUT2D eigenvalue weighted by Gasteiger charge is 1.84. The lowest BCUT2D eigenvalue weighted by Gasteiger charge is -1.93. The molecule has 0 fully saturated rings. The molecule has 0 aliphatic rings. The van der Waals surface area contributed by atoms with Gasteiger partial charge < -0.3 is 16.6 Å². The maximum Gasteiger partial charge on any atom is 0.0918 e. The molecular formula is C4H10N2O. The van der Waals surface area contributed by atoms with E-state index in [1.54, 1.807) is 6.92 Å². The summed E-state index contributed by atoms with van der Waals surface area (Å²) in [4.78, 5) is 0. The second-order valence-corrected chi connectivity index (χ2v) is 1.41. The van der Waals surface area contributed by atoms with Gasteiger partial charge in [0.25, 0.3) is 0 Å². The van der Waals surface area contributed by atoms with Gasteiger partial charge in [-0.2, -0.15) is 0 Å². The molecule has 0 saturated carbocycles. The van der Waals surface area contributed by atoms with Crippen molar-refractivity contribution in [1.82, 2.24) is 0 Å². The first-order chi connectivity index (χ1) is 3.13. The van der Waals surface area contributed by atoms with Gasteiger partial charge in [-0.15, -0.1) is 0 Å². The first-order valence-corrected chi connectivity index (χ1v) is 2.03. The summed E-state index contributed by atoms with van der Waals surface area (Å²) in [7, 11) is 0. The number of rotatable bonds is 1. The Bertz CT molecular complexity index is 73.8. The average Bonchev–Trinajstić information content (AvgIpc) is 1.27. The summed E-state index contributed by atoms with van der Waals surface area (Å²) in [6.07, 6.45) is 0.824. The summed E-state index contributed by atoms with van der Waals surface area (Å²) < 4.78 is 0. The van der Waals surface area contributed by atoms with Gasteiger partial charge in [-0.25, -0.2) is 0 Å². The van der Waals surface area contributed by atoms with Crippen LogP contribution >= 0.6 is 0 Å². The Morgan fingerprint density at radius 1 is 1.71 bits per heavy atom. The van der Waals surface area contributed by atoms with Crippen molar-refractivity contribution in [2.24, 2.45) is 11.5 Å². The molecule has 1 atom stereocenters. The SMILES string of the molecule is CC(O)C=C(N)N. The van der Waals surface area contributed by atoms with Crippen LogP contribution in [0.15, 0.2) is 11.9 Å². The van der Waals surface area contributed by atoms with Gasteiger partial charge in [0.2, 0.25) is 0 Å². The topological polar surface area (TPSA) is 72.3 Å². The molecule has 0 aromatic carbocycles. The van der Waals surface area contributed by atoms with Crippen LogP contribution in [0.25, 0.3) is 0 Å². The van der Waals surface area contributed by atoms with Crippen LogP contribution < -0.4 is 11.5 Å². The number of aliphatic hydroxyl groups is 1. The van der Waals surface area contributed by atoms with E-state index in [0.29, 0.717) is 0 Å². The molecule has 0 aromatic heterocycles. The van der Waals surface area contributed by atoms with Crippen molar-refractivity contribution in [3.63, 3.8) is 0 Å². The van der Waals surface area contributed by atoms with E-state index in [1.807, 2.05) is 0 Å². The summed E-state index contributed by atoms with van der Waals surface area (Å²) in [5.74, 6) is 0.162. The largest absolute Gasteiger partial charge is 0.389 e. The quantitative estimate of drug-likeness (QED) is 0.403.